The second-order valence-corrected chi connectivity index (χ2v) is 11.0. The SMILES string of the molecule is CC(C)(C)C(=O)c1c(NC(=O)c2ccccc2)nc(=O)n(C2O[C@H](CO)[C@@H](O)[C@H]2O)c1C(=O)C(C)(C)C. The molecule has 1 aromatic heterocycles. The number of aliphatic hydroxyl groups excluding tert-OH is 3. The van der Waals surface area contributed by atoms with Gasteiger partial charge in [-0.05, 0) is 12.1 Å². The van der Waals surface area contributed by atoms with E-state index in [1.165, 1.54) is 12.1 Å². The fourth-order valence-electron chi connectivity index (χ4n) is 3.89. The molecule has 3 rings (SSSR count). The standard InChI is InChI=1S/C26H33N3O8/c1-25(2,3)19(33)15-16(20(34)26(4,5)6)29(23-18(32)17(31)14(12-30)37-23)24(36)28-21(15)27-22(35)13-10-8-7-9-11-13/h7-11,14,17-18,23,30-32H,12H2,1-6H3,(H,27,28,35,36)/t14-,17-,18-,23?/m1/s1. The van der Waals surface area contributed by atoms with Gasteiger partial charge in [0.15, 0.2) is 23.6 Å². The van der Waals surface area contributed by atoms with Gasteiger partial charge in [0.25, 0.3) is 5.91 Å². The number of aromatic nitrogens is 2. The van der Waals surface area contributed by atoms with E-state index in [1.54, 1.807) is 59.7 Å². The van der Waals surface area contributed by atoms with Crippen LogP contribution in [0, 0.1) is 10.8 Å². The third kappa shape index (κ3) is 5.54. The van der Waals surface area contributed by atoms with E-state index in [0.29, 0.717) is 0 Å². The molecular formula is C26H33N3O8. The number of nitrogens with zero attached hydrogens (tertiary/aromatic N) is 2. The lowest BCUT2D eigenvalue weighted by Crippen LogP contribution is -2.43. The Bertz CT molecular complexity index is 1260. The van der Waals surface area contributed by atoms with Crippen molar-refractivity contribution < 1.29 is 34.4 Å². The van der Waals surface area contributed by atoms with Crippen molar-refractivity contribution in [2.24, 2.45) is 10.8 Å². The number of amides is 1. The average Bonchev–Trinajstić information content (AvgIpc) is 3.10. The van der Waals surface area contributed by atoms with Crippen LogP contribution in [-0.4, -0.2) is 67.3 Å². The third-order valence-electron chi connectivity index (χ3n) is 5.97. The van der Waals surface area contributed by atoms with Crippen LogP contribution in [0.5, 0.6) is 0 Å². The van der Waals surface area contributed by atoms with Crippen molar-refractivity contribution in [2.75, 3.05) is 11.9 Å². The van der Waals surface area contributed by atoms with E-state index in [2.05, 4.69) is 10.3 Å². The van der Waals surface area contributed by atoms with Crippen molar-refractivity contribution in [3.05, 3.63) is 57.6 Å². The summed E-state index contributed by atoms with van der Waals surface area (Å²) in [6, 6.07) is 8.05. The highest BCUT2D eigenvalue weighted by Crippen LogP contribution is 2.35. The average molecular weight is 516 g/mol. The van der Waals surface area contributed by atoms with E-state index >= 15 is 0 Å². The molecule has 2 aromatic rings. The van der Waals surface area contributed by atoms with Gasteiger partial charge in [-0.3, -0.25) is 19.0 Å². The van der Waals surface area contributed by atoms with Gasteiger partial charge in [-0.2, -0.15) is 4.98 Å². The number of benzene rings is 1. The fourth-order valence-corrected chi connectivity index (χ4v) is 3.89. The summed E-state index contributed by atoms with van der Waals surface area (Å²) in [5.74, 6) is -2.33. The molecule has 11 heteroatoms. The van der Waals surface area contributed by atoms with E-state index in [4.69, 9.17) is 4.74 Å². The number of hydrogen-bond donors (Lipinski definition) is 4. The van der Waals surface area contributed by atoms with E-state index in [9.17, 15) is 34.5 Å². The molecule has 1 saturated heterocycles. The molecule has 1 aliphatic heterocycles. The molecule has 4 atom stereocenters. The minimum Gasteiger partial charge on any atom is -0.394 e. The Hall–Kier alpha value is -3.25. The zero-order valence-electron chi connectivity index (χ0n) is 21.7. The van der Waals surface area contributed by atoms with Gasteiger partial charge in [0.2, 0.25) is 0 Å². The molecule has 37 heavy (non-hydrogen) atoms. The molecule has 1 amide bonds. The number of anilines is 1. The molecule has 200 valence electrons. The molecule has 1 aliphatic rings. The number of nitrogens with one attached hydrogen (secondary N) is 1. The van der Waals surface area contributed by atoms with Crippen molar-refractivity contribution in [1.29, 1.82) is 0 Å². The second-order valence-electron chi connectivity index (χ2n) is 11.0. The van der Waals surface area contributed by atoms with Gasteiger partial charge in [0, 0.05) is 16.4 Å². The Morgan fingerprint density at radius 1 is 0.973 bits per heavy atom. The van der Waals surface area contributed by atoms with E-state index in [0.717, 1.165) is 4.57 Å². The number of hydrogen-bond acceptors (Lipinski definition) is 9. The summed E-state index contributed by atoms with van der Waals surface area (Å²) in [5.41, 5.74) is -3.82. The van der Waals surface area contributed by atoms with E-state index < -0.39 is 76.7 Å². The predicted octanol–water partition coefficient (Wildman–Crippen LogP) is 1.56. The molecule has 1 unspecified atom stereocenters. The molecule has 0 aliphatic carbocycles. The molecule has 1 aromatic carbocycles. The summed E-state index contributed by atoms with van der Waals surface area (Å²) in [4.78, 5) is 57.8. The summed E-state index contributed by atoms with van der Waals surface area (Å²) in [7, 11) is 0. The first kappa shape index (κ1) is 28.3. The van der Waals surface area contributed by atoms with Gasteiger partial charge < -0.3 is 25.4 Å². The molecule has 0 radical (unpaired) electrons. The van der Waals surface area contributed by atoms with Crippen molar-refractivity contribution in [1.82, 2.24) is 9.55 Å². The normalized spacial score (nSPS) is 22.1. The lowest BCUT2D eigenvalue weighted by atomic mass is 9.81. The van der Waals surface area contributed by atoms with Crippen molar-refractivity contribution in [3.8, 4) is 0 Å². The van der Waals surface area contributed by atoms with Gasteiger partial charge in [0.05, 0.1) is 12.2 Å². The Labute approximate surface area is 214 Å². The molecule has 4 N–H and O–H groups in total. The molecule has 0 bridgehead atoms. The molecule has 11 nitrogen and oxygen atoms in total. The van der Waals surface area contributed by atoms with Gasteiger partial charge in [-0.25, -0.2) is 4.79 Å². The maximum atomic E-state index is 13.8. The zero-order valence-corrected chi connectivity index (χ0v) is 21.7. The third-order valence-corrected chi connectivity index (χ3v) is 5.97. The Balaban J connectivity index is 2.36. The minimum absolute atomic E-state index is 0.231. The summed E-state index contributed by atoms with van der Waals surface area (Å²) in [5, 5.41) is 33.0. The molecular weight excluding hydrogens is 482 g/mol. The van der Waals surface area contributed by atoms with Crippen LogP contribution >= 0.6 is 0 Å². The summed E-state index contributed by atoms with van der Waals surface area (Å²) in [6.07, 6.45) is -6.16. The number of carbonyl (C=O) groups is 3. The van der Waals surface area contributed by atoms with Crippen LogP contribution in [0.1, 0.15) is 79.0 Å². The zero-order chi connectivity index (χ0) is 27.9. The molecule has 1 fully saturated rings. The number of aliphatic hydroxyl groups is 3. The van der Waals surface area contributed by atoms with Crippen LogP contribution < -0.4 is 11.0 Å². The number of ether oxygens (including phenoxy) is 1. The summed E-state index contributed by atoms with van der Waals surface area (Å²) >= 11 is 0. The molecule has 0 saturated carbocycles. The van der Waals surface area contributed by atoms with Crippen molar-refractivity contribution in [3.63, 3.8) is 0 Å². The highest BCUT2D eigenvalue weighted by atomic mass is 16.6. The first-order chi connectivity index (χ1) is 17.1. The van der Waals surface area contributed by atoms with Crippen LogP contribution in [0.2, 0.25) is 0 Å². The monoisotopic (exact) mass is 515 g/mol. The van der Waals surface area contributed by atoms with Gasteiger partial charge in [-0.15, -0.1) is 0 Å². The highest BCUT2D eigenvalue weighted by Gasteiger charge is 2.47. The predicted molar refractivity (Wildman–Crippen MR) is 133 cm³/mol. The van der Waals surface area contributed by atoms with Crippen LogP contribution in [0.4, 0.5) is 5.82 Å². The van der Waals surface area contributed by atoms with Crippen LogP contribution in [0.15, 0.2) is 35.1 Å². The van der Waals surface area contributed by atoms with Crippen molar-refractivity contribution in [2.45, 2.75) is 66.1 Å². The number of carbonyl (C=O) groups excluding carboxylic acids is 3. The topological polar surface area (TPSA) is 168 Å². The van der Waals surface area contributed by atoms with E-state index in [-0.39, 0.29) is 11.1 Å². The lowest BCUT2D eigenvalue weighted by Gasteiger charge is -2.29. The van der Waals surface area contributed by atoms with Crippen LogP contribution in [-0.2, 0) is 4.74 Å². The lowest BCUT2D eigenvalue weighted by molar-refractivity contribution is -0.0559. The minimum atomic E-state index is -1.72. The van der Waals surface area contributed by atoms with Crippen molar-refractivity contribution >= 4 is 23.3 Å². The smallest absolute Gasteiger partial charge is 0.352 e. The highest BCUT2D eigenvalue weighted by molar-refractivity contribution is 6.16. The molecule has 2 heterocycles. The first-order valence-electron chi connectivity index (χ1n) is 11.8. The number of Topliss-reactive ketones (excluding diaryl/α,β-unsaturated/α-hetero) is 2. The second kappa shape index (κ2) is 10.3. The van der Waals surface area contributed by atoms with E-state index in [1.807, 2.05) is 0 Å². The Morgan fingerprint density at radius 3 is 2.03 bits per heavy atom. The van der Waals surface area contributed by atoms with Gasteiger partial charge in [-0.1, -0.05) is 59.7 Å². The number of rotatable bonds is 6. The fraction of sp³-hybridized carbons (Fsp3) is 0.500. The summed E-state index contributed by atoms with van der Waals surface area (Å²) < 4.78 is 6.27. The molecule has 0 spiro atoms. The summed E-state index contributed by atoms with van der Waals surface area (Å²) in [6.45, 7) is 8.88. The Morgan fingerprint density at radius 2 is 1.54 bits per heavy atom. The van der Waals surface area contributed by atoms with Crippen LogP contribution in [0.3, 0.4) is 0 Å². The maximum absolute atomic E-state index is 13.8. The quantitative estimate of drug-likeness (QED) is 0.417. The maximum Gasteiger partial charge on any atom is 0.352 e. The van der Waals surface area contributed by atoms with Gasteiger partial charge >= 0.3 is 5.69 Å². The van der Waals surface area contributed by atoms with Gasteiger partial charge in [0.1, 0.15) is 24.0 Å². The first-order valence-corrected chi connectivity index (χ1v) is 11.8. The largest absolute Gasteiger partial charge is 0.394 e. The van der Waals surface area contributed by atoms with Crippen LogP contribution in [0.25, 0.3) is 0 Å². The number of ketones is 2. The Kier molecular flexibility index (Phi) is 7.85.